The number of carboxylic acids is 1. The number of aromatic carboxylic acids is 1. The SMILES string of the molecule is CC(O)C1CCN(C(=O)c2cc(C(=O)O)[nH]n2)CC1. The molecule has 1 saturated heterocycles. The third-order valence-corrected chi connectivity index (χ3v) is 3.54. The van der Waals surface area contributed by atoms with Crippen LogP contribution in [0.4, 0.5) is 0 Å². The normalized spacial score (nSPS) is 18.3. The molecule has 1 amide bonds. The molecule has 0 spiro atoms. The summed E-state index contributed by atoms with van der Waals surface area (Å²) in [4.78, 5) is 24.4. The van der Waals surface area contributed by atoms with E-state index in [2.05, 4.69) is 10.2 Å². The first-order valence-corrected chi connectivity index (χ1v) is 6.25. The lowest BCUT2D eigenvalue weighted by atomic mass is 9.92. The molecule has 0 aliphatic carbocycles. The van der Waals surface area contributed by atoms with Crippen molar-refractivity contribution in [3.63, 3.8) is 0 Å². The topological polar surface area (TPSA) is 107 Å². The maximum atomic E-state index is 12.1. The van der Waals surface area contributed by atoms with Gasteiger partial charge in [0.25, 0.3) is 5.91 Å². The molecule has 2 rings (SSSR count). The lowest BCUT2D eigenvalue weighted by molar-refractivity contribution is 0.0517. The fourth-order valence-corrected chi connectivity index (χ4v) is 2.29. The van der Waals surface area contributed by atoms with Crippen molar-refractivity contribution < 1.29 is 19.8 Å². The van der Waals surface area contributed by atoms with E-state index in [0.717, 1.165) is 12.8 Å². The highest BCUT2D eigenvalue weighted by molar-refractivity contribution is 5.95. The van der Waals surface area contributed by atoms with Gasteiger partial charge in [-0.1, -0.05) is 0 Å². The second-order valence-electron chi connectivity index (χ2n) is 4.84. The smallest absolute Gasteiger partial charge is 0.353 e. The van der Waals surface area contributed by atoms with Crippen LogP contribution < -0.4 is 0 Å². The summed E-state index contributed by atoms with van der Waals surface area (Å²) < 4.78 is 0. The largest absolute Gasteiger partial charge is 0.477 e. The fourth-order valence-electron chi connectivity index (χ4n) is 2.29. The summed E-state index contributed by atoms with van der Waals surface area (Å²) in [6.07, 6.45) is 1.14. The number of carbonyl (C=O) groups is 2. The van der Waals surface area contributed by atoms with Crippen LogP contribution in [0.15, 0.2) is 6.07 Å². The first kappa shape index (κ1) is 13.5. The summed E-state index contributed by atoms with van der Waals surface area (Å²) in [7, 11) is 0. The fraction of sp³-hybridized carbons (Fsp3) is 0.583. The van der Waals surface area contributed by atoms with E-state index in [-0.39, 0.29) is 29.3 Å². The Morgan fingerprint density at radius 1 is 1.47 bits per heavy atom. The molecule has 0 bridgehead atoms. The van der Waals surface area contributed by atoms with E-state index in [9.17, 15) is 14.7 Å². The molecule has 0 aromatic carbocycles. The van der Waals surface area contributed by atoms with Gasteiger partial charge in [-0.05, 0) is 25.7 Å². The average Bonchev–Trinajstić information content (AvgIpc) is 2.87. The summed E-state index contributed by atoms with van der Waals surface area (Å²) in [6, 6.07) is 1.24. The van der Waals surface area contributed by atoms with Gasteiger partial charge in [0.1, 0.15) is 5.69 Å². The van der Waals surface area contributed by atoms with Gasteiger partial charge in [0.05, 0.1) is 6.10 Å². The van der Waals surface area contributed by atoms with Crippen molar-refractivity contribution in [1.82, 2.24) is 15.1 Å². The number of H-pyrrole nitrogens is 1. The molecule has 0 saturated carbocycles. The number of carboxylic acid groups (broad SMARTS) is 1. The van der Waals surface area contributed by atoms with Gasteiger partial charge in [-0.15, -0.1) is 0 Å². The Kier molecular flexibility index (Phi) is 3.84. The quantitative estimate of drug-likeness (QED) is 0.732. The van der Waals surface area contributed by atoms with E-state index in [1.54, 1.807) is 11.8 Å². The Labute approximate surface area is 110 Å². The molecule has 19 heavy (non-hydrogen) atoms. The Morgan fingerprint density at radius 2 is 2.11 bits per heavy atom. The monoisotopic (exact) mass is 267 g/mol. The standard InChI is InChI=1S/C12H17N3O4/c1-7(16)8-2-4-15(5-3-8)11(17)9-6-10(12(18)19)14-13-9/h6-8,16H,2-5H2,1H3,(H,13,14)(H,18,19). The van der Waals surface area contributed by atoms with E-state index in [1.165, 1.54) is 6.07 Å². The number of hydrogen-bond donors (Lipinski definition) is 3. The summed E-state index contributed by atoms with van der Waals surface area (Å²) >= 11 is 0. The maximum absolute atomic E-state index is 12.1. The molecule has 1 atom stereocenters. The van der Waals surface area contributed by atoms with Crippen LogP contribution in [0, 0.1) is 5.92 Å². The first-order chi connectivity index (χ1) is 8.99. The number of nitrogens with one attached hydrogen (secondary N) is 1. The third kappa shape index (κ3) is 2.93. The van der Waals surface area contributed by atoms with Gasteiger partial charge in [0.15, 0.2) is 5.69 Å². The maximum Gasteiger partial charge on any atom is 0.353 e. The molecule has 1 fully saturated rings. The van der Waals surface area contributed by atoms with Gasteiger partial charge in [-0.2, -0.15) is 5.10 Å². The van der Waals surface area contributed by atoms with Crippen molar-refractivity contribution in [1.29, 1.82) is 0 Å². The van der Waals surface area contributed by atoms with Gasteiger partial charge in [0, 0.05) is 19.2 Å². The van der Waals surface area contributed by atoms with E-state index in [1.807, 2.05) is 0 Å². The molecule has 3 N–H and O–H groups in total. The minimum absolute atomic E-state index is 0.0952. The van der Waals surface area contributed by atoms with Crippen molar-refractivity contribution >= 4 is 11.9 Å². The zero-order valence-electron chi connectivity index (χ0n) is 10.7. The van der Waals surface area contributed by atoms with Crippen molar-refractivity contribution in [2.75, 3.05) is 13.1 Å². The number of carbonyl (C=O) groups excluding carboxylic acids is 1. The molecule has 1 unspecified atom stereocenters. The Balaban J connectivity index is 1.99. The molecule has 1 aliphatic heterocycles. The van der Waals surface area contributed by atoms with Gasteiger partial charge < -0.3 is 15.1 Å². The van der Waals surface area contributed by atoms with Crippen LogP contribution in [-0.4, -0.2) is 56.4 Å². The summed E-state index contributed by atoms with van der Waals surface area (Å²) in [5.41, 5.74) is 0.0233. The minimum Gasteiger partial charge on any atom is -0.477 e. The Morgan fingerprint density at radius 3 is 2.58 bits per heavy atom. The van der Waals surface area contributed by atoms with Crippen LogP contribution in [0.25, 0.3) is 0 Å². The van der Waals surface area contributed by atoms with Crippen molar-refractivity contribution in [2.24, 2.45) is 5.92 Å². The van der Waals surface area contributed by atoms with Gasteiger partial charge in [-0.25, -0.2) is 4.79 Å². The average molecular weight is 267 g/mol. The number of hydrogen-bond acceptors (Lipinski definition) is 4. The highest BCUT2D eigenvalue weighted by Crippen LogP contribution is 2.21. The van der Waals surface area contributed by atoms with Gasteiger partial charge >= 0.3 is 5.97 Å². The van der Waals surface area contributed by atoms with E-state index in [4.69, 9.17) is 5.11 Å². The molecule has 2 heterocycles. The van der Waals surface area contributed by atoms with Crippen molar-refractivity contribution in [3.8, 4) is 0 Å². The molecule has 0 radical (unpaired) electrons. The minimum atomic E-state index is -1.14. The number of likely N-dealkylation sites (tertiary alicyclic amines) is 1. The van der Waals surface area contributed by atoms with E-state index in [0.29, 0.717) is 13.1 Å². The molecular formula is C12H17N3O4. The number of amides is 1. The Bertz CT molecular complexity index is 475. The molecule has 1 aliphatic rings. The summed E-state index contributed by atoms with van der Waals surface area (Å²) in [5, 5.41) is 24.3. The van der Waals surface area contributed by atoms with Crippen LogP contribution >= 0.6 is 0 Å². The number of nitrogens with zero attached hydrogens (tertiary/aromatic N) is 2. The second kappa shape index (κ2) is 5.40. The summed E-state index contributed by atoms with van der Waals surface area (Å²) in [6.45, 7) is 2.88. The molecule has 7 heteroatoms. The first-order valence-electron chi connectivity index (χ1n) is 6.25. The lowest BCUT2D eigenvalue weighted by Gasteiger charge is -2.32. The van der Waals surface area contributed by atoms with Gasteiger partial charge in [-0.3, -0.25) is 9.89 Å². The molecule has 1 aromatic rings. The number of aliphatic hydroxyl groups excluding tert-OH is 1. The third-order valence-electron chi connectivity index (χ3n) is 3.54. The number of aromatic amines is 1. The molecule has 7 nitrogen and oxygen atoms in total. The predicted octanol–water partition coefficient (Wildman–Crippen LogP) is 0.341. The van der Waals surface area contributed by atoms with Crippen LogP contribution in [0.2, 0.25) is 0 Å². The van der Waals surface area contributed by atoms with Crippen molar-refractivity contribution in [3.05, 3.63) is 17.5 Å². The predicted molar refractivity (Wildman–Crippen MR) is 65.9 cm³/mol. The van der Waals surface area contributed by atoms with E-state index >= 15 is 0 Å². The second-order valence-corrected chi connectivity index (χ2v) is 4.84. The Hall–Kier alpha value is -1.89. The number of aromatic nitrogens is 2. The number of aliphatic hydroxyl groups is 1. The van der Waals surface area contributed by atoms with Crippen molar-refractivity contribution in [2.45, 2.75) is 25.9 Å². The molecular weight excluding hydrogens is 250 g/mol. The zero-order valence-corrected chi connectivity index (χ0v) is 10.7. The van der Waals surface area contributed by atoms with Crippen LogP contribution in [0.5, 0.6) is 0 Å². The zero-order chi connectivity index (χ0) is 14.0. The highest BCUT2D eigenvalue weighted by Gasteiger charge is 2.27. The molecule has 104 valence electrons. The summed E-state index contributed by atoms with van der Waals surface area (Å²) in [5.74, 6) is -1.19. The number of rotatable bonds is 3. The van der Waals surface area contributed by atoms with Crippen LogP contribution in [-0.2, 0) is 0 Å². The van der Waals surface area contributed by atoms with E-state index < -0.39 is 5.97 Å². The number of piperidine rings is 1. The van der Waals surface area contributed by atoms with Crippen LogP contribution in [0.1, 0.15) is 40.7 Å². The molecule has 1 aromatic heterocycles. The van der Waals surface area contributed by atoms with Gasteiger partial charge in [0.2, 0.25) is 0 Å². The lowest BCUT2D eigenvalue weighted by Crippen LogP contribution is -2.40. The van der Waals surface area contributed by atoms with Crippen LogP contribution in [0.3, 0.4) is 0 Å². The highest BCUT2D eigenvalue weighted by atomic mass is 16.4.